The molecule has 2 N–H and O–H groups in total. The number of hydrogen-bond donors (Lipinski definition) is 2. The van der Waals surface area contributed by atoms with Crippen LogP contribution in [0.2, 0.25) is 0 Å². The van der Waals surface area contributed by atoms with Gasteiger partial charge in [-0.3, -0.25) is 0 Å². The molecule has 2 amide bonds. The molecule has 2 atom stereocenters. The van der Waals surface area contributed by atoms with Gasteiger partial charge in [0, 0.05) is 23.5 Å². The van der Waals surface area contributed by atoms with Crippen molar-refractivity contribution in [1.82, 2.24) is 0 Å². The second-order valence-electron chi connectivity index (χ2n) is 10.4. The third kappa shape index (κ3) is 6.48. The monoisotopic (exact) mass is 584 g/mol. The fraction of sp³-hybridized carbons (Fsp3) is 0.276. The summed E-state index contributed by atoms with van der Waals surface area (Å²) in [7, 11) is -8.05. The molecule has 0 fully saturated rings. The maximum absolute atomic E-state index is 13.0. The van der Waals surface area contributed by atoms with E-state index in [-0.39, 0.29) is 11.5 Å². The van der Waals surface area contributed by atoms with E-state index in [9.17, 15) is 21.6 Å². The lowest BCUT2D eigenvalue weighted by atomic mass is 9.96. The minimum absolute atomic E-state index is 0.0515. The van der Waals surface area contributed by atoms with Gasteiger partial charge in [0.1, 0.15) is 21.0 Å². The van der Waals surface area contributed by atoms with Crippen molar-refractivity contribution in [3.8, 4) is 11.5 Å². The van der Waals surface area contributed by atoms with E-state index in [1.807, 2.05) is 26.0 Å². The summed E-state index contributed by atoms with van der Waals surface area (Å²) < 4.78 is 60.4. The SMILES string of the molecule is CC1=CC=CC(C)(S(=O)(=O)Oc2cccc(NC(=O)Nc3cccc(OS(=O)(=O)C4(C)C=CC=C(C)C4)c3)c2)C1. The Hall–Kier alpha value is -3.83. The predicted molar refractivity (Wildman–Crippen MR) is 156 cm³/mol. The van der Waals surface area contributed by atoms with Crippen molar-refractivity contribution in [2.24, 2.45) is 0 Å². The number of benzene rings is 2. The molecule has 11 heteroatoms. The standard InChI is InChI=1S/C29H32N2O7S2/c1-21-9-7-15-28(3,19-21)39(33,34)37-25-13-5-11-23(17-25)30-27(32)31-24-12-6-14-26(18-24)38-40(35,36)29(4)16-8-10-22(2)20-29/h5-18H,19-20H2,1-4H3,(H2,30,31,32). The Kier molecular flexibility index (Phi) is 8.00. The van der Waals surface area contributed by atoms with Gasteiger partial charge < -0.3 is 19.0 Å². The number of nitrogens with one attached hydrogen (secondary N) is 2. The number of carbonyl (C=O) groups is 1. The van der Waals surface area contributed by atoms with Gasteiger partial charge in [0.2, 0.25) is 0 Å². The Morgan fingerprint density at radius 2 is 1.12 bits per heavy atom. The molecule has 0 aliphatic heterocycles. The van der Waals surface area contributed by atoms with Crippen LogP contribution in [0.1, 0.15) is 40.5 Å². The number of hydrogen-bond acceptors (Lipinski definition) is 7. The van der Waals surface area contributed by atoms with Gasteiger partial charge >= 0.3 is 26.3 Å². The molecule has 2 unspecified atom stereocenters. The Labute approximate surface area is 235 Å². The van der Waals surface area contributed by atoms with Crippen LogP contribution in [0.3, 0.4) is 0 Å². The van der Waals surface area contributed by atoms with Gasteiger partial charge in [-0.2, -0.15) is 16.8 Å². The molecule has 0 aromatic heterocycles. The number of anilines is 2. The molecule has 0 saturated heterocycles. The summed E-state index contributed by atoms with van der Waals surface area (Å²) in [5.41, 5.74) is 2.43. The second-order valence-corrected chi connectivity index (χ2v) is 14.4. The first-order chi connectivity index (χ1) is 18.7. The summed E-state index contributed by atoms with van der Waals surface area (Å²) in [6.45, 7) is 6.90. The number of amides is 2. The Morgan fingerprint density at radius 3 is 1.50 bits per heavy atom. The molecule has 0 bridgehead atoms. The molecular formula is C29H32N2O7S2. The van der Waals surface area contributed by atoms with Gasteiger partial charge in [-0.25, -0.2) is 4.79 Å². The zero-order valence-corrected chi connectivity index (χ0v) is 24.3. The van der Waals surface area contributed by atoms with Crippen LogP contribution in [0.4, 0.5) is 16.2 Å². The Balaban J connectivity index is 1.41. The lowest BCUT2D eigenvalue weighted by Gasteiger charge is -2.28. The van der Waals surface area contributed by atoms with Crippen LogP contribution in [0, 0.1) is 0 Å². The van der Waals surface area contributed by atoms with Gasteiger partial charge in [-0.05, 0) is 64.8 Å². The van der Waals surface area contributed by atoms with Crippen LogP contribution in [0.25, 0.3) is 0 Å². The summed E-state index contributed by atoms with van der Waals surface area (Å²) in [5.74, 6) is 0.103. The molecule has 40 heavy (non-hydrogen) atoms. The smallest absolute Gasteiger partial charge is 0.323 e. The van der Waals surface area contributed by atoms with E-state index in [0.717, 1.165) is 11.1 Å². The molecule has 9 nitrogen and oxygen atoms in total. The largest absolute Gasteiger partial charge is 0.382 e. The summed E-state index contributed by atoms with van der Waals surface area (Å²) >= 11 is 0. The highest BCUT2D eigenvalue weighted by atomic mass is 32.2. The van der Waals surface area contributed by atoms with Crippen molar-refractivity contribution in [2.45, 2.75) is 50.0 Å². The average molecular weight is 585 g/mol. The summed E-state index contributed by atoms with van der Waals surface area (Å²) in [6, 6.07) is 11.4. The van der Waals surface area contributed by atoms with Gasteiger partial charge in [0.15, 0.2) is 0 Å². The summed E-state index contributed by atoms with van der Waals surface area (Å²) in [4.78, 5) is 12.7. The summed E-state index contributed by atoms with van der Waals surface area (Å²) in [5, 5.41) is 5.24. The third-order valence-electron chi connectivity index (χ3n) is 6.66. The van der Waals surface area contributed by atoms with Crippen LogP contribution >= 0.6 is 0 Å². The molecule has 2 aliphatic carbocycles. The highest BCUT2D eigenvalue weighted by Gasteiger charge is 2.41. The van der Waals surface area contributed by atoms with E-state index in [4.69, 9.17) is 8.37 Å². The zero-order valence-electron chi connectivity index (χ0n) is 22.7. The van der Waals surface area contributed by atoms with E-state index in [0.29, 0.717) is 24.2 Å². The van der Waals surface area contributed by atoms with Gasteiger partial charge in [-0.15, -0.1) is 0 Å². The maximum atomic E-state index is 13.0. The molecule has 0 spiro atoms. The molecule has 0 heterocycles. The topological polar surface area (TPSA) is 128 Å². The fourth-order valence-electron chi connectivity index (χ4n) is 4.51. The van der Waals surface area contributed by atoms with Crippen molar-refractivity contribution in [3.63, 3.8) is 0 Å². The molecule has 2 aromatic carbocycles. The quantitative estimate of drug-likeness (QED) is 0.360. The van der Waals surface area contributed by atoms with E-state index in [1.165, 1.54) is 24.3 Å². The van der Waals surface area contributed by atoms with Gasteiger partial charge in [0.25, 0.3) is 0 Å². The fourth-order valence-corrected chi connectivity index (χ4v) is 6.90. The lowest BCUT2D eigenvalue weighted by Crippen LogP contribution is -2.38. The number of rotatable bonds is 8. The maximum Gasteiger partial charge on any atom is 0.323 e. The predicted octanol–water partition coefficient (Wildman–Crippen LogP) is 6.08. The second kappa shape index (κ2) is 11.0. The first-order valence-corrected chi connectivity index (χ1v) is 15.4. The minimum atomic E-state index is -4.02. The number of allylic oxidation sites excluding steroid dienone is 6. The van der Waals surface area contributed by atoms with Crippen molar-refractivity contribution >= 4 is 37.6 Å². The van der Waals surface area contributed by atoms with Crippen LogP contribution in [0.15, 0.2) is 96.1 Å². The first kappa shape index (κ1) is 29.2. The molecule has 4 rings (SSSR count). The van der Waals surface area contributed by atoms with Crippen LogP contribution in [-0.4, -0.2) is 32.4 Å². The highest BCUT2D eigenvalue weighted by molar-refractivity contribution is 7.89. The average Bonchev–Trinajstić information content (AvgIpc) is 2.83. The Bertz CT molecular complexity index is 1530. The Morgan fingerprint density at radius 1 is 0.725 bits per heavy atom. The number of carbonyl (C=O) groups excluding carboxylic acids is 1. The third-order valence-corrected chi connectivity index (χ3v) is 10.3. The normalized spacial score (nSPS) is 22.6. The molecule has 212 valence electrons. The van der Waals surface area contributed by atoms with Crippen molar-refractivity contribution < 1.29 is 30.0 Å². The van der Waals surface area contributed by atoms with E-state index in [1.54, 1.807) is 62.4 Å². The molecule has 0 radical (unpaired) electrons. The lowest BCUT2D eigenvalue weighted by molar-refractivity contribution is 0.262. The van der Waals surface area contributed by atoms with Crippen molar-refractivity contribution in [3.05, 3.63) is 96.1 Å². The molecule has 2 aromatic rings. The molecule has 0 saturated carbocycles. The van der Waals surface area contributed by atoms with Crippen LogP contribution in [0.5, 0.6) is 11.5 Å². The van der Waals surface area contributed by atoms with Gasteiger partial charge in [-0.1, -0.05) is 59.7 Å². The number of urea groups is 1. The molecular weight excluding hydrogens is 552 g/mol. The minimum Gasteiger partial charge on any atom is -0.382 e. The van der Waals surface area contributed by atoms with E-state index >= 15 is 0 Å². The van der Waals surface area contributed by atoms with Crippen LogP contribution < -0.4 is 19.0 Å². The van der Waals surface area contributed by atoms with Crippen LogP contribution in [-0.2, 0) is 20.2 Å². The van der Waals surface area contributed by atoms with E-state index < -0.39 is 35.8 Å². The first-order valence-electron chi connectivity index (χ1n) is 12.6. The van der Waals surface area contributed by atoms with Gasteiger partial charge in [0.05, 0.1) is 0 Å². The zero-order chi connectivity index (χ0) is 29.2. The van der Waals surface area contributed by atoms with E-state index in [2.05, 4.69) is 10.6 Å². The van der Waals surface area contributed by atoms with Crippen molar-refractivity contribution in [1.29, 1.82) is 0 Å². The highest BCUT2D eigenvalue weighted by Crippen LogP contribution is 2.34. The van der Waals surface area contributed by atoms with Crippen molar-refractivity contribution in [2.75, 3.05) is 10.6 Å². The summed E-state index contributed by atoms with van der Waals surface area (Å²) in [6.07, 6.45) is 10.9. The molecule has 2 aliphatic rings.